The largest absolute Gasteiger partial charge is 0.398 e. The van der Waals surface area contributed by atoms with E-state index < -0.39 is 5.82 Å². The van der Waals surface area contributed by atoms with E-state index in [2.05, 4.69) is 0 Å². The summed E-state index contributed by atoms with van der Waals surface area (Å²) >= 11 is 0. The van der Waals surface area contributed by atoms with Gasteiger partial charge in [0.25, 0.3) is 5.91 Å². The number of benzene rings is 1. The van der Waals surface area contributed by atoms with Crippen LogP contribution in [0.1, 0.15) is 23.2 Å². The number of halogens is 1. The standard InChI is InChI=1S/C11H13FN2O2/c12-8-3-4-10(13)9(7-8)11(15)14-5-1-2-6-16-14/h3-4,7H,1-2,5-6,13H2. The molecule has 0 spiro atoms. The number of rotatable bonds is 1. The predicted octanol–water partition coefficient (Wildman–Crippen LogP) is 1.58. The summed E-state index contributed by atoms with van der Waals surface area (Å²) in [5.74, 6) is -0.855. The molecular formula is C11H13FN2O2. The van der Waals surface area contributed by atoms with Gasteiger partial charge in [0.15, 0.2) is 0 Å². The zero-order valence-electron chi connectivity index (χ0n) is 8.78. The highest BCUT2D eigenvalue weighted by Gasteiger charge is 2.21. The lowest BCUT2D eigenvalue weighted by molar-refractivity contribution is -0.144. The van der Waals surface area contributed by atoms with Gasteiger partial charge in [-0.3, -0.25) is 9.63 Å². The fraction of sp³-hybridized carbons (Fsp3) is 0.364. The average Bonchev–Trinajstić information content (AvgIpc) is 2.32. The Labute approximate surface area is 92.7 Å². The smallest absolute Gasteiger partial charge is 0.279 e. The molecule has 0 aliphatic carbocycles. The van der Waals surface area contributed by atoms with Crippen LogP contribution >= 0.6 is 0 Å². The van der Waals surface area contributed by atoms with E-state index in [9.17, 15) is 9.18 Å². The SMILES string of the molecule is Nc1ccc(F)cc1C(=O)N1CCCCO1. The highest BCUT2D eigenvalue weighted by atomic mass is 19.1. The Balaban J connectivity index is 2.22. The average molecular weight is 224 g/mol. The summed E-state index contributed by atoms with van der Waals surface area (Å²) in [6, 6.07) is 3.74. The second-order valence-corrected chi connectivity index (χ2v) is 3.68. The number of anilines is 1. The molecule has 1 heterocycles. The molecule has 1 amide bonds. The Morgan fingerprint density at radius 3 is 2.94 bits per heavy atom. The van der Waals surface area contributed by atoms with Crippen LogP contribution in [0.4, 0.5) is 10.1 Å². The summed E-state index contributed by atoms with van der Waals surface area (Å²) in [7, 11) is 0. The molecule has 1 saturated heterocycles. The zero-order chi connectivity index (χ0) is 11.5. The molecule has 4 nitrogen and oxygen atoms in total. The van der Waals surface area contributed by atoms with Gasteiger partial charge in [-0.05, 0) is 31.0 Å². The summed E-state index contributed by atoms with van der Waals surface area (Å²) in [6.45, 7) is 1.04. The molecule has 0 radical (unpaired) electrons. The molecule has 0 bridgehead atoms. The van der Waals surface area contributed by atoms with E-state index in [1.165, 1.54) is 17.2 Å². The van der Waals surface area contributed by atoms with Crippen molar-refractivity contribution in [2.24, 2.45) is 0 Å². The summed E-state index contributed by atoms with van der Waals surface area (Å²) in [6.07, 6.45) is 1.82. The normalized spacial score (nSPS) is 16.2. The van der Waals surface area contributed by atoms with Gasteiger partial charge in [0.05, 0.1) is 12.2 Å². The number of amides is 1. The van der Waals surface area contributed by atoms with Gasteiger partial charge in [-0.25, -0.2) is 9.45 Å². The molecule has 1 aliphatic rings. The molecule has 86 valence electrons. The first-order valence-electron chi connectivity index (χ1n) is 5.18. The van der Waals surface area contributed by atoms with E-state index in [0.29, 0.717) is 13.2 Å². The van der Waals surface area contributed by atoms with Crippen molar-refractivity contribution < 1.29 is 14.0 Å². The van der Waals surface area contributed by atoms with Crippen LogP contribution < -0.4 is 5.73 Å². The van der Waals surface area contributed by atoms with Gasteiger partial charge >= 0.3 is 0 Å². The van der Waals surface area contributed by atoms with E-state index in [4.69, 9.17) is 10.6 Å². The van der Waals surface area contributed by atoms with Crippen LogP contribution in [0.3, 0.4) is 0 Å². The maximum atomic E-state index is 13.0. The molecule has 0 atom stereocenters. The first-order chi connectivity index (χ1) is 7.68. The topological polar surface area (TPSA) is 55.6 Å². The second kappa shape index (κ2) is 4.49. The van der Waals surface area contributed by atoms with Crippen molar-refractivity contribution in [2.75, 3.05) is 18.9 Å². The van der Waals surface area contributed by atoms with Gasteiger partial charge < -0.3 is 5.73 Å². The fourth-order valence-electron chi connectivity index (χ4n) is 1.60. The quantitative estimate of drug-likeness (QED) is 0.737. The Morgan fingerprint density at radius 2 is 2.25 bits per heavy atom. The van der Waals surface area contributed by atoms with Crippen LogP contribution in [0.15, 0.2) is 18.2 Å². The number of hydrogen-bond acceptors (Lipinski definition) is 3. The summed E-state index contributed by atoms with van der Waals surface area (Å²) in [5, 5.41) is 1.24. The monoisotopic (exact) mass is 224 g/mol. The minimum absolute atomic E-state index is 0.155. The molecule has 1 aromatic rings. The van der Waals surface area contributed by atoms with Crippen LogP contribution in [-0.2, 0) is 4.84 Å². The predicted molar refractivity (Wildman–Crippen MR) is 57.0 cm³/mol. The van der Waals surface area contributed by atoms with E-state index in [1.54, 1.807) is 0 Å². The number of nitrogens with zero attached hydrogens (tertiary/aromatic N) is 1. The molecule has 1 aromatic carbocycles. The number of hydrogen-bond donors (Lipinski definition) is 1. The van der Waals surface area contributed by atoms with Crippen LogP contribution in [0, 0.1) is 5.82 Å². The molecule has 0 unspecified atom stereocenters. The number of hydroxylamine groups is 2. The van der Waals surface area contributed by atoms with E-state index in [0.717, 1.165) is 18.9 Å². The maximum Gasteiger partial charge on any atom is 0.279 e. The van der Waals surface area contributed by atoms with Gasteiger partial charge in [-0.1, -0.05) is 0 Å². The van der Waals surface area contributed by atoms with Crippen molar-refractivity contribution in [3.8, 4) is 0 Å². The summed E-state index contributed by atoms with van der Waals surface area (Å²) in [4.78, 5) is 17.1. The van der Waals surface area contributed by atoms with Crippen LogP contribution in [0.25, 0.3) is 0 Å². The minimum atomic E-state index is -0.477. The Hall–Kier alpha value is -1.62. The number of carbonyl (C=O) groups is 1. The van der Waals surface area contributed by atoms with Gasteiger partial charge in [0.1, 0.15) is 5.82 Å². The van der Waals surface area contributed by atoms with Crippen LogP contribution in [0.2, 0.25) is 0 Å². The molecule has 0 aromatic heterocycles. The maximum absolute atomic E-state index is 13.0. The van der Waals surface area contributed by atoms with Crippen molar-refractivity contribution in [3.05, 3.63) is 29.6 Å². The van der Waals surface area contributed by atoms with Crippen molar-refractivity contribution >= 4 is 11.6 Å². The third-order valence-corrected chi connectivity index (χ3v) is 2.47. The molecule has 1 fully saturated rings. The lowest BCUT2D eigenvalue weighted by Gasteiger charge is -2.26. The molecule has 16 heavy (non-hydrogen) atoms. The minimum Gasteiger partial charge on any atom is -0.398 e. The van der Waals surface area contributed by atoms with Gasteiger partial charge in [-0.2, -0.15) is 0 Å². The Bertz CT molecular complexity index is 403. The third-order valence-electron chi connectivity index (χ3n) is 2.47. The van der Waals surface area contributed by atoms with Crippen LogP contribution in [-0.4, -0.2) is 24.1 Å². The van der Waals surface area contributed by atoms with Crippen molar-refractivity contribution in [2.45, 2.75) is 12.8 Å². The lowest BCUT2D eigenvalue weighted by atomic mass is 10.1. The zero-order valence-corrected chi connectivity index (χ0v) is 8.78. The molecule has 2 N–H and O–H groups in total. The number of carbonyl (C=O) groups excluding carboxylic acids is 1. The fourth-order valence-corrected chi connectivity index (χ4v) is 1.60. The molecule has 5 heteroatoms. The first kappa shape index (κ1) is 10.9. The highest BCUT2D eigenvalue weighted by molar-refractivity contribution is 5.98. The second-order valence-electron chi connectivity index (χ2n) is 3.68. The van der Waals surface area contributed by atoms with Gasteiger partial charge in [-0.15, -0.1) is 0 Å². The van der Waals surface area contributed by atoms with Crippen molar-refractivity contribution in [3.63, 3.8) is 0 Å². The Kier molecular flexibility index (Phi) is 3.05. The molecular weight excluding hydrogens is 211 g/mol. The number of nitrogen functional groups attached to an aromatic ring is 1. The third kappa shape index (κ3) is 2.14. The van der Waals surface area contributed by atoms with Gasteiger partial charge in [0, 0.05) is 12.2 Å². The first-order valence-corrected chi connectivity index (χ1v) is 5.18. The van der Waals surface area contributed by atoms with Gasteiger partial charge in [0.2, 0.25) is 0 Å². The van der Waals surface area contributed by atoms with Crippen LogP contribution in [0.5, 0.6) is 0 Å². The van der Waals surface area contributed by atoms with Crippen molar-refractivity contribution in [1.29, 1.82) is 0 Å². The Morgan fingerprint density at radius 1 is 1.44 bits per heavy atom. The van der Waals surface area contributed by atoms with E-state index in [1.807, 2.05) is 0 Å². The molecule has 2 rings (SSSR count). The molecule has 1 aliphatic heterocycles. The highest BCUT2D eigenvalue weighted by Crippen LogP contribution is 2.18. The lowest BCUT2D eigenvalue weighted by Crippen LogP contribution is -2.36. The number of nitrogens with two attached hydrogens (primary N) is 1. The summed E-state index contributed by atoms with van der Waals surface area (Å²) < 4.78 is 13.0. The summed E-state index contributed by atoms with van der Waals surface area (Å²) in [5.41, 5.74) is 6.05. The van der Waals surface area contributed by atoms with E-state index >= 15 is 0 Å². The van der Waals surface area contributed by atoms with Crippen molar-refractivity contribution in [1.82, 2.24) is 5.06 Å². The molecule has 0 saturated carbocycles. The van der Waals surface area contributed by atoms with E-state index in [-0.39, 0.29) is 17.2 Å².